The zero-order valence-electron chi connectivity index (χ0n) is 10.0. The van der Waals surface area contributed by atoms with E-state index >= 15 is 0 Å². The molecule has 0 aliphatic heterocycles. The fraction of sp³-hybridized carbons (Fsp3) is 0.250. The van der Waals surface area contributed by atoms with Gasteiger partial charge in [0.15, 0.2) is 11.6 Å². The third kappa shape index (κ3) is 2.56. The van der Waals surface area contributed by atoms with Crippen LogP contribution in [0.25, 0.3) is 5.69 Å². The van der Waals surface area contributed by atoms with Gasteiger partial charge in [-0.05, 0) is 13.8 Å². The molecule has 18 heavy (non-hydrogen) atoms. The average molecular weight is 270 g/mol. The van der Waals surface area contributed by atoms with Gasteiger partial charge < -0.3 is 10.5 Å². The number of rotatable bonds is 3. The molecule has 0 fully saturated rings. The van der Waals surface area contributed by atoms with Crippen molar-refractivity contribution in [2.24, 2.45) is 0 Å². The maximum atomic E-state index is 13.7. The minimum absolute atomic E-state index is 0.128. The van der Waals surface area contributed by atoms with E-state index in [9.17, 15) is 4.39 Å². The van der Waals surface area contributed by atoms with Crippen molar-refractivity contribution in [1.82, 2.24) is 9.78 Å². The van der Waals surface area contributed by atoms with E-state index in [2.05, 4.69) is 5.10 Å². The van der Waals surface area contributed by atoms with Crippen LogP contribution in [0.2, 0.25) is 5.02 Å². The molecule has 6 heteroatoms. The Bertz CT molecular complexity index is 568. The second kappa shape index (κ2) is 4.86. The first-order chi connectivity index (χ1) is 8.47. The lowest BCUT2D eigenvalue weighted by Crippen LogP contribution is -2.09. The van der Waals surface area contributed by atoms with Crippen molar-refractivity contribution in [2.45, 2.75) is 20.0 Å². The van der Waals surface area contributed by atoms with E-state index in [1.54, 1.807) is 6.20 Å². The second-order valence-corrected chi connectivity index (χ2v) is 4.55. The zero-order chi connectivity index (χ0) is 13.3. The van der Waals surface area contributed by atoms with Crippen LogP contribution >= 0.6 is 11.6 Å². The fourth-order valence-corrected chi connectivity index (χ4v) is 1.67. The Morgan fingerprint density at radius 3 is 2.72 bits per heavy atom. The van der Waals surface area contributed by atoms with Gasteiger partial charge in [0.1, 0.15) is 0 Å². The molecule has 1 aromatic heterocycles. The molecule has 0 spiro atoms. The molecular formula is C12H13ClFN3O. The van der Waals surface area contributed by atoms with Gasteiger partial charge in [0.2, 0.25) is 0 Å². The molecule has 0 aliphatic carbocycles. The van der Waals surface area contributed by atoms with E-state index in [-0.39, 0.29) is 17.5 Å². The van der Waals surface area contributed by atoms with Crippen molar-refractivity contribution < 1.29 is 9.13 Å². The minimum Gasteiger partial charge on any atom is -0.488 e. The summed E-state index contributed by atoms with van der Waals surface area (Å²) < 4.78 is 20.5. The number of hydrogen-bond acceptors (Lipinski definition) is 3. The molecule has 0 radical (unpaired) electrons. The van der Waals surface area contributed by atoms with Crippen LogP contribution in [0.4, 0.5) is 10.1 Å². The summed E-state index contributed by atoms with van der Waals surface area (Å²) >= 11 is 5.79. The van der Waals surface area contributed by atoms with E-state index in [0.717, 1.165) is 0 Å². The maximum Gasteiger partial charge on any atom is 0.167 e. The Hall–Kier alpha value is -1.75. The van der Waals surface area contributed by atoms with Crippen molar-refractivity contribution in [3.8, 4) is 11.4 Å². The highest BCUT2D eigenvalue weighted by molar-refractivity contribution is 6.30. The van der Waals surface area contributed by atoms with Gasteiger partial charge in [-0.2, -0.15) is 5.10 Å². The molecule has 0 amide bonds. The molecule has 0 bridgehead atoms. The van der Waals surface area contributed by atoms with E-state index in [0.29, 0.717) is 10.7 Å². The first-order valence-corrected chi connectivity index (χ1v) is 5.81. The van der Waals surface area contributed by atoms with Crippen molar-refractivity contribution in [3.05, 3.63) is 35.4 Å². The van der Waals surface area contributed by atoms with Gasteiger partial charge in [-0.3, -0.25) is 0 Å². The monoisotopic (exact) mass is 269 g/mol. The molecule has 2 aromatic rings. The molecule has 4 nitrogen and oxygen atoms in total. The zero-order valence-corrected chi connectivity index (χ0v) is 10.8. The number of anilines is 1. The number of halogens is 2. The summed E-state index contributed by atoms with van der Waals surface area (Å²) in [5.74, 6) is -0.357. The predicted octanol–water partition coefficient (Wildman–Crippen LogP) is 3.03. The smallest absolute Gasteiger partial charge is 0.167 e. The summed E-state index contributed by atoms with van der Waals surface area (Å²) in [5, 5.41) is 4.50. The second-order valence-electron chi connectivity index (χ2n) is 4.11. The number of nitrogen functional groups attached to an aromatic ring is 1. The molecule has 0 saturated heterocycles. The third-order valence-corrected chi connectivity index (χ3v) is 2.44. The summed E-state index contributed by atoms with van der Waals surface area (Å²) in [7, 11) is 0. The number of hydrogen-bond donors (Lipinski definition) is 1. The number of aromatic nitrogens is 2. The Morgan fingerprint density at radius 1 is 1.44 bits per heavy atom. The number of nitrogens with two attached hydrogens (primary N) is 1. The minimum atomic E-state index is -0.497. The van der Waals surface area contributed by atoms with Crippen LogP contribution in [0.3, 0.4) is 0 Å². The van der Waals surface area contributed by atoms with Crippen molar-refractivity contribution in [3.63, 3.8) is 0 Å². The van der Waals surface area contributed by atoms with Crippen LogP contribution in [0, 0.1) is 5.82 Å². The molecule has 0 aliphatic rings. The summed E-state index contributed by atoms with van der Waals surface area (Å²) in [6, 6.07) is 2.72. The fourth-order valence-electron chi connectivity index (χ4n) is 1.53. The lowest BCUT2D eigenvalue weighted by molar-refractivity contribution is 0.231. The highest BCUT2D eigenvalue weighted by Gasteiger charge is 2.12. The quantitative estimate of drug-likeness (QED) is 0.872. The van der Waals surface area contributed by atoms with E-state index in [1.807, 2.05) is 13.8 Å². The van der Waals surface area contributed by atoms with Crippen molar-refractivity contribution >= 4 is 17.3 Å². The first kappa shape index (κ1) is 12.7. The van der Waals surface area contributed by atoms with Gasteiger partial charge in [-0.15, -0.1) is 0 Å². The van der Waals surface area contributed by atoms with Gasteiger partial charge in [-0.25, -0.2) is 9.07 Å². The molecule has 0 atom stereocenters. The molecule has 96 valence electrons. The Morgan fingerprint density at radius 2 is 2.17 bits per heavy atom. The van der Waals surface area contributed by atoms with Gasteiger partial charge in [0.05, 0.1) is 28.7 Å². The molecule has 0 saturated carbocycles. The average Bonchev–Trinajstić information content (AvgIpc) is 2.68. The number of nitrogens with zero attached hydrogens (tertiary/aromatic N) is 2. The maximum absolute atomic E-state index is 13.7. The molecule has 1 heterocycles. The van der Waals surface area contributed by atoms with Gasteiger partial charge >= 0.3 is 0 Å². The highest BCUT2D eigenvalue weighted by Crippen LogP contribution is 2.28. The van der Waals surface area contributed by atoms with Crippen LogP contribution in [0.1, 0.15) is 13.8 Å². The van der Waals surface area contributed by atoms with E-state index in [1.165, 1.54) is 23.0 Å². The van der Waals surface area contributed by atoms with Gasteiger partial charge in [0, 0.05) is 18.3 Å². The molecule has 2 rings (SSSR count). The topological polar surface area (TPSA) is 53.1 Å². The van der Waals surface area contributed by atoms with Gasteiger partial charge in [-0.1, -0.05) is 11.6 Å². The molecule has 0 unspecified atom stereocenters. The normalized spacial score (nSPS) is 10.9. The SMILES string of the molecule is CC(C)Oc1cc(-n2cc(Cl)cn2)c(N)cc1F. The lowest BCUT2D eigenvalue weighted by atomic mass is 10.2. The van der Waals surface area contributed by atoms with Crippen molar-refractivity contribution in [1.29, 1.82) is 0 Å². The van der Waals surface area contributed by atoms with E-state index < -0.39 is 5.82 Å². The van der Waals surface area contributed by atoms with Crippen LogP contribution in [-0.2, 0) is 0 Å². The first-order valence-electron chi connectivity index (χ1n) is 5.43. The van der Waals surface area contributed by atoms with Crippen LogP contribution in [0.15, 0.2) is 24.5 Å². The van der Waals surface area contributed by atoms with Crippen LogP contribution < -0.4 is 10.5 Å². The summed E-state index contributed by atoms with van der Waals surface area (Å²) in [5.41, 5.74) is 6.56. The van der Waals surface area contributed by atoms with Crippen LogP contribution in [-0.4, -0.2) is 15.9 Å². The lowest BCUT2D eigenvalue weighted by Gasteiger charge is -2.13. The standard InChI is InChI=1S/C12H13ClFN3O/c1-7(2)18-12-4-11(10(15)3-9(12)14)17-6-8(13)5-16-17/h3-7H,15H2,1-2H3. The number of benzene rings is 1. The molecular weight excluding hydrogens is 257 g/mol. The van der Waals surface area contributed by atoms with Crippen molar-refractivity contribution in [2.75, 3.05) is 5.73 Å². The van der Waals surface area contributed by atoms with Gasteiger partial charge in [0.25, 0.3) is 0 Å². The molecule has 2 N–H and O–H groups in total. The third-order valence-electron chi connectivity index (χ3n) is 2.24. The highest BCUT2D eigenvalue weighted by atomic mass is 35.5. The Kier molecular flexibility index (Phi) is 3.43. The Balaban J connectivity index is 2.47. The number of ether oxygens (including phenoxy) is 1. The summed E-state index contributed by atoms with van der Waals surface area (Å²) in [6.07, 6.45) is 2.94. The molecule has 1 aromatic carbocycles. The summed E-state index contributed by atoms with van der Waals surface area (Å²) in [6.45, 7) is 3.64. The Labute approximate surface area is 109 Å². The predicted molar refractivity (Wildman–Crippen MR) is 68.7 cm³/mol. The van der Waals surface area contributed by atoms with E-state index in [4.69, 9.17) is 22.1 Å². The largest absolute Gasteiger partial charge is 0.488 e. The summed E-state index contributed by atoms with van der Waals surface area (Å²) in [4.78, 5) is 0. The van der Waals surface area contributed by atoms with Crippen LogP contribution in [0.5, 0.6) is 5.75 Å².